The predicted octanol–water partition coefficient (Wildman–Crippen LogP) is 5.81. The molecule has 0 bridgehead atoms. The lowest BCUT2D eigenvalue weighted by Crippen LogP contribution is -2.30. The zero-order valence-electron chi connectivity index (χ0n) is 21.9. The van der Waals surface area contributed by atoms with Crippen LogP contribution in [0.15, 0.2) is 80.6 Å². The zero-order chi connectivity index (χ0) is 27.3. The van der Waals surface area contributed by atoms with Crippen LogP contribution in [0.25, 0.3) is 10.8 Å². The lowest BCUT2D eigenvalue weighted by atomic mass is 10.1. The van der Waals surface area contributed by atoms with E-state index < -0.39 is 10.0 Å². The van der Waals surface area contributed by atoms with Crippen LogP contribution in [-0.4, -0.2) is 40.7 Å². The first kappa shape index (κ1) is 27.3. The van der Waals surface area contributed by atoms with Crippen molar-refractivity contribution in [2.75, 3.05) is 13.1 Å². The van der Waals surface area contributed by atoms with Gasteiger partial charge in [0.25, 0.3) is 5.56 Å². The number of nitrogens with one attached hydrogen (secondary N) is 1. The average molecular weight is 536 g/mol. The van der Waals surface area contributed by atoms with E-state index in [1.165, 1.54) is 20.6 Å². The number of phenols is 1. The number of fused-ring (bicyclic) bond motifs is 1. The van der Waals surface area contributed by atoms with Crippen molar-refractivity contribution in [2.24, 2.45) is 10.2 Å². The largest absolute Gasteiger partial charge is 0.506 e. The van der Waals surface area contributed by atoms with Gasteiger partial charge in [0.05, 0.1) is 10.6 Å². The number of unbranched alkanes of at least 4 members (excludes halogenated alkanes) is 1. The Morgan fingerprint density at radius 3 is 2.24 bits per heavy atom. The Labute approximate surface area is 222 Å². The van der Waals surface area contributed by atoms with Crippen molar-refractivity contribution in [1.82, 2.24) is 14.1 Å². The summed E-state index contributed by atoms with van der Waals surface area (Å²) in [6, 6.07) is 18.2. The molecule has 4 rings (SSSR count). The van der Waals surface area contributed by atoms with E-state index in [9.17, 15) is 18.3 Å². The van der Waals surface area contributed by atoms with Crippen molar-refractivity contribution in [1.29, 1.82) is 0 Å². The average Bonchev–Trinajstić information content (AvgIpc) is 3.18. The lowest BCUT2D eigenvalue weighted by Gasteiger charge is -2.20. The number of benzene rings is 3. The molecule has 0 radical (unpaired) electrons. The fourth-order valence-electron chi connectivity index (χ4n) is 4.55. The fraction of sp³-hybridized carbons (Fsp3) is 0.321. The van der Waals surface area contributed by atoms with Crippen molar-refractivity contribution in [3.05, 3.63) is 82.3 Å². The molecule has 0 spiro atoms. The number of aryl methyl sites for hydroxylation is 3. The van der Waals surface area contributed by atoms with Crippen molar-refractivity contribution in [3.63, 3.8) is 0 Å². The molecule has 0 aliphatic carbocycles. The standard InChI is InChI=1S/C28H33N5O4S/c1-4-32(5-2)38(36,37)25-19-24(34)27(23-17-10-9-16-22(23)25)30-29-26-20(3)31-33(28(26)35)18-12-11-15-21-13-7-6-8-14-21/h6-10,13-14,16-17,19,31,34H,4-5,11-12,15,18H2,1-3H3. The normalized spacial score (nSPS) is 12.2. The first-order chi connectivity index (χ1) is 18.3. The number of nitrogens with zero attached hydrogens (tertiary/aromatic N) is 4. The molecule has 2 N–H and O–H groups in total. The number of aromatic amines is 1. The van der Waals surface area contributed by atoms with E-state index in [0.717, 1.165) is 19.3 Å². The van der Waals surface area contributed by atoms with Gasteiger partial charge in [-0.1, -0.05) is 68.4 Å². The van der Waals surface area contributed by atoms with E-state index in [1.807, 2.05) is 18.2 Å². The summed E-state index contributed by atoms with van der Waals surface area (Å²) in [6.45, 7) is 6.41. The third kappa shape index (κ3) is 5.56. The van der Waals surface area contributed by atoms with Crippen LogP contribution in [-0.2, 0) is 23.0 Å². The van der Waals surface area contributed by atoms with Gasteiger partial charge in [-0.05, 0) is 31.7 Å². The third-order valence-corrected chi connectivity index (χ3v) is 8.67. The molecule has 0 atom stereocenters. The maximum Gasteiger partial charge on any atom is 0.294 e. The van der Waals surface area contributed by atoms with Gasteiger partial charge in [0.2, 0.25) is 10.0 Å². The highest BCUT2D eigenvalue weighted by Gasteiger charge is 2.26. The van der Waals surface area contributed by atoms with E-state index in [4.69, 9.17) is 0 Å². The Bertz CT molecular complexity index is 1600. The van der Waals surface area contributed by atoms with Crippen molar-refractivity contribution in [3.8, 4) is 5.75 Å². The second kappa shape index (κ2) is 11.7. The Kier molecular flexibility index (Phi) is 8.43. The quantitative estimate of drug-likeness (QED) is 0.186. The number of phenolic OH excluding ortho intramolecular Hbond substituents is 1. The maximum absolute atomic E-state index is 13.2. The minimum absolute atomic E-state index is 0.00364. The number of azo groups is 1. The monoisotopic (exact) mass is 535 g/mol. The highest BCUT2D eigenvalue weighted by atomic mass is 32.2. The molecular formula is C28H33N5O4S. The van der Waals surface area contributed by atoms with Gasteiger partial charge in [-0.3, -0.25) is 14.6 Å². The molecule has 1 aromatic heterocycles. The third-order valence-electron chi connectivity index (χ3n) is 6.58. The number of aromatic nitrogens is 2. The van der Waals surface area contributed by atoms with Gasteiger partial charge < -0.3 is 5.11 Å². The molecule has 0 saturated carbocycles. The molecule has 4 aromatic rings. The zero-order valence-corrected chi connectivity index (χ0v) is 22.7. The number of H-pyrrole nitrogens is 1. The molecule has 0 aliphatic heterocycles. The van der Waals surface area contributed by atoms with Gasteiger partial charge in [0, 0.05) is 36.5 Å². The lowest BCUT2D eigenvalue weighted by molar-refractivity contribution is 0.443. The van der Waals surface area contributed by atoms with E-state index in [2.05, 4.69) is 27.5 Å². The topological polar surface area (TPSA) is 120 Å². The molecule has 0 aliphatic rings. The first-order valence-corrected chi connectivity index (χ1v) is 14.2. The molecule has 10 heteroatoms. The molecule has 9 nitrogen and oxygen atoms in total. The number of hydrogen-bond acceptors (Lipinski definition) is 6. The summed E-state index contributed by atoms with van der Waals surface area (Å²) in [5, 5.41) is 23.1. The van der Waals surface area contributed by atoms with Crippen LogP contribution < -0.4 is 5.56 Å². The number of rotatable bonds is 11. The molecule has 200 valence electrons. The summed E-state index contributed by atoms with van der Waals surface area (Å²) in [5.41, 5.74) is 1.78. The summed E-state index contributed by atoms with van der Waals surface area (Å²) in [4.78, 5) is 13.0. The van der Waals surface area contributed by atoms with Crippen molar-refractivity contribution >= 4 is 32.2 Å². The first-order valence-electron chi connectivity index (χ1n) is 12.8. The summed E-state index contributed by atoms with van der Waals surface area (Å²) in [6.07, 6.45) is 2.70. The Hall–Kier alpha value is -3.76. The fourth-order valence-corrected chi connectivity index (χ4v) is 6.22. The Morgan fingerprint density at radius 2 is 1.55 bits per heavy atom. The van der Waals surface area contributed by atoms with E-state index in [-0.39, 0.29) is 27.6 Å². The molecule has 0 amide bonds. The summed E-state index contributed by atoms with van der Waals surface area (Å²) >= 11 is 0. The number of aromatic hydroxyl groups is 1. The second-order valence-corrected chi connectivity index (χ2v) is 11.0. The van der Waals surface area contributed by atoms with Gasteiger partial charge in [-0.25, -0.2) is 8.42 Å². The highest BCUT2D eigenvalue weighted by molar-refractivity contribution is 7.89. The number of hydrogen-bond donors (Lipinski definition) is 2. The van der Waals surface area contributed by atoms with Crippen molar-refractivity contribution in [2.45, 2.75) is 51.5 Å². The molecular weight excluding hydrogens is 502 g/mol. The molecule has 38 heavy (non-hydrogen) atoms. The van der Waals surface area contributed by atoms with Crippen molar-refractivity contribution < 1.29 is 13.5 Å². The molecule has 3 aromatic carbocycles. The van der Waals surface area contributed by atoms with Gasteiger partial charge in [-0.15, -0.1) is 10.2 Å². The SMILES string of the molecule is CCN(CC)S(=O)(=O)c1cc(O)c(N=Nc2c(C)[nH]n(CCCCc3ccccc3)c2=O)c2ccccc12. The number of sulfonamides is 1. The molecule has 0 saturated heterocycles. The minimum Gasteiger partial charge on any atom is -0.506 e. The predicted molar refractivity (Wildman–Crippen MR) is 149 cm³/mol. The van der Waals surface area contributed by atoms with Crippen LogP contribution in [0.2, 0.25) is 0 Å². The summed E-state index contributed by atoms with van der Waals surface area (Å²) in [7, 11) is -3.83. The van der Waals surface area contributed by atoms with E-state index in [0.29, 0.717) is 36.1 Å². The Balaban J connectivity index is 1.61. The maximum atomic E-state index is 13.2. The van der Waals surface area contributed by atoms with Crippen LogP contribution in [0.1, 0.15) is 37.9 Å². The van der Waals surface area contributed by atoms with Crippen LogP contribution in [0, 0.1) is 6.92 Å². The molecule has 1 heterocycles. The van der Waals surface area contributed by atoms with Gasteiger partial charge in [0.15, 0.2) is 5.69 Å². The van der Waals surface area contributed by atoms with Crippen LogP contribution in [0.5, 0.6) is 5.75 Å². The molecule has 0 unspecified atom stereocenters. The minimum atomic E-state index is -3.83. The Morgan fingerprint density at radius 1 is 0.921 bits per heavy atom. The van der Waals surface area contributed by atoms with Gasteiger partial charge in [0.1, 0.15) is 11.4 Å². The van der Waals surface area contributed by atoms with Crippen LogP contribution in [0.4, 0.5) is 11.4 Å². The van der Waals surface area contributed by atoms with E-state index >= 15 is 0 Å². The second-order valence-electron chi connectivity index (χ2n) is 9.06. The van der Waals surface area contributed by atoms with E-state index in [1.54, 1.807) is 45.0 Å². The van der Waals surface area contributed by atoms with Gasteiger partial charge >= 0.3 is 0 Å². The van der Waals surface area contributed by atoms with Crippen LogP contribution in [0.3, 0.4) is 0 Å². The summed E-state index contributed by atoms with van der Waals surface area (Å²) in [5.74, 6) is -0.326. The van der Waals surface area contributed by atoms with Crippen LogP contribution >= 0.6 is 0 Å². The van der Waals surface area contributed by atoms with Gasteiger partial charge in [-0.2, -0.15) is 4.31 Å². The smallest absolute Gasteiger partial charge is 0.294 e. The summed E-state index contributed by atoms with van der Waals surface area (Å²) < 4.78 is 29.3. The molecule has 0 fully saturated rings. The highest BCUT2D eigenvalue weighted by Crippen LogP contribution is 2.40.